The zero-order valence-corrected chi connectivity index (χ0v) is 16.9. The molecule has 6 aromatic rings. The standard InChI is InChI=1S/C25H14BrN3/c26-21-13-18-3-1-16-11-20(12-17-2-4-19(14-21)24(18)23(16)17)25-28-10-7-22(29-25)15-5-8-27-9-6-15/h1-14H. The highest BCUT2D eigenvalue weighted by Gasteiger charge is 2.12. The number of benzene rings is 4. The smallest absolute Gasteiger partial charge is 0.159 e. The Balaban J connectivity index is 1.59. The summed E-state index contributed by atoms with van der Waals surface area (Å²) in [7, 11) is 0. The molecule has 0 spiro atoms. The van der Waals surface area contributed by atoms with Crippen molar-refractivity contribution in [2.75, 3.05) is 0 Å². The monoisotopic (exact) mass is 435 g/mol. The van der Waals surface area contributed by atoms with Crippen LogP contribution in [0.1, 0.15) is 0 Å². The molecule has 0 fully saturated rings. The van der Waals surface area contributed by atoms with Gasteiger partial charge in [0.25, 0.3) is 0 Å². The van der Waals surface area contributed by atoms with Crippen LogP contribution >= 0.6 is 15.9 Å². The van der Waals surface area contributed by atoms with E-state index in [-0.39, 0.29) is 0 Å². The zero-order valence-electron chi connectivity index (χ0n) is 15.3. The van der Waals surface area contributed by atoms with E-state index >= 15 is 0 Å². The third-order valence-corrected chi connectivity index (χ3v) is 5.85. The second kappa shape index (κ2) is 6.33. The highest BCUT2D eigenvalue weighted by molar-refractivity contribution is 9.10. The van der Waals surface area contributed by atoms with Crippen molar-refractivity contribution in [1.29, 1.82) is 0 Å². The fourth-order valence-electron chi connectivity index (χ4n) is 4.11. The Morgan fingerprint density at radius 2 is 1.17 bits per heavy atom. The van der Waals surface area contributed by atoms with Crippen LogP contribution < -0.4 is 0 Å². The van der Waals surface area contributed by atoms with E-state index in [0.717, 1.165) is 27.1 Å². The van der Waals surface area contributed by atoms with Crippen LogP contribution in [0.15, 0.2) is 89.8 Å². The van der Waals surface area contributed by atoms with Gasteiger partial charge in [0.1, 0.15) is 0 Å². The molecule has 4 aromatic carbocycles. The summed E-state index contributed by atoms with van der Waals surface area (Å²) < 4.78 is 1.10. The van der Waals surface area contributed by atoms with Gasteiger partial charge >= 0.3 is 0 Å². The maximum absolute atomic E-state index is 4.82. The Bertz CT molecular complexity index is 1440. The molecule has 29 heavy (non-hydrogen) atoms. The molecular weight excluding hydrogens is 422 g/mol. The average Bonchev–Trinajstić information content (AvgIpc) is 2.77. The lowest BCUT2D eigenvalue weighted by molar-refractivity contribution is 1.18. The Labute approximate surface area is 175 Å². The molecule has 0 aliphatic heterocycles. The molecule has 0 aliphatic rings. The molecule has 3 nitrogen and oxygen atoms in total. The fourth-order valence-corrected chi connectivity index (χ4v) is 4.60. The molecule has 4 heteroatoms. The second-order valence-electron chi connectivity index (χ2n) is 7.16. The van der Waals surface area contributed by atoms with Gasteiger partial charge in [-0.2, -0.15) is 0 Å². The van der Waals surface area contributed by atoms with E-state index in [2.05, 4.69) is 74.4 Å². The summed E-state index contributed by atoms with van der Waals surface area (Å²) in [5.41, 5.74) is 2.95. The largest absolute Gasteiger partial charge is 0.265 e. The summed E-state index contributed by atoms with van der Waals surface area (Å²) >= 11 is 3.62. The summed E-state index contributed by atoms with van der Waals surface area (Å²) in [5, 5.41) is 7.50. The maximum atomic E-state index is 4.82. The lowest BCUT2D eigenvalue weighted by atomic mass is 9.93. The van der Waals surface area contributed by atoms with Gasteiger partial charge in [0.15, 0.2) is 5.82 Å². The molecule has 0 unspecified atom stereocenters. The van der Waals surface area contributed by atoms with Crippen molar-refractivity contribution in [2.45, 2.75) is 0 Å². The van der Waals surface area contributed by atoms with E-state index in [1.807, 2.05) is 24.4 Å². The summed E-state index contributed by atoms with van der Waals surface area (Å²) in [6.45, 7) is 0. The molecule has 0 aliphatic carbocycles. The second-order valence-corrected chi connectivity index (χ2v) is 8.07. The van der Waals surface area contributed by atoms with Gasteiger partial charge in [-0.3, -0.25) is 4.98 Å². The van der Waals surface area contributed by atoms with Gasteiger partial charge < -0.3 is 0 Å². The number of aromatic nitrogens is 3. The Hall–Kier alpha value is -3.37. The lowest BCUT2D eigenvalue weighted by Gasteiger charge is -2.13. The third-order valence-electron chi connectivity index (χ3n) is 5.39. The minimum Gasteiger partial charge on any atom is -0.265 e. The van der Waals surface area contributed by atoms with Gasteiger partial charge in [-0.1, -0.05) is 40.2 Å². The van der Waals surface area contributed by atoms with Gasteiger partial charge in [-0.15, -0.1) is 0 Å². The highest BCUT2D eigenvalue weighted by Crippen LogP contribution is 2.38. The van der Waals surface area contributed by atoms with Crippen molar-refractivity contribution in [1.82, 2.24) is 15.0 Å². The highest BCUT2D eigenvalue weighted by atomic mass is 79.9. The predicted molar refractivity (Wildman–Crippen MR) is 122 cm³/mol. The van der Waals surface area contributed by atoms with Crippen LogP contribution in [-0.2, 0) is 0 Å². The van der Waals surface area contributed by atoms with Crippen LogP contribution in [0, 0.1) is 0 Å². The molecule has 0 amide bonds. The first kappa shape index (κ1) is 16.6. The third kappa shape index (κ3) is 2.68. The Morgan fingerprint density at radius 1 is 0.586 bits per heavy atom. The van der Waals surface area contributed by atoms with E-state index in [1.54, 1.807) is 12.4 Å². The van der Waals surface area contributed by atoms with Crippen molar-refractivity contribution in [3.63, 3.8) is 0 Å². The van der Waals surface area contributed by atoms with Crippen molar-refractivity contribution in [3.8, 4) is 22.6 Å². The molecule has 0 atom stereocenters. The molecule has 0 N–H and O–H groups in total. The summed E-state index contributed by atoms with van der Waals surface area (Å²) in [4.78, 5) is 13.5. The van der Waals surface area contributed by atoms with Gasteiger partial charge in [0.2, 0.25) is 0 Å². The number of hydrogen-bond donors (Lipinski definition) is 0. The molecule has 0 radical (unpaired) electrons. The van der Waals surface area contributed by atoms with Crippen LogP contribution in [0.3, 0.4) is 0 Å². The SMILES string of the molecule is Brc1cc2ccc3cc(-c4nccc(-c5ccncc5)n4)cc4ccc(c1)c2c34. The summed E-state index contributed by atoms with van der Waals surface area (Å²) in [5.74, 6) is 0.729. The molecule has 136 valence electrons. The molecule has 0 saturated heterocycles. The molecule has 2 aromatic heterocycles. The molecule has 0 bridgehead atoms. The molecule has 6 rings (SSSR count). The first-order valence-corrected chi connectivity index (χ1v) is 10.2. The number of hydrogen-bond acceptors (Lipinski definition) is 3. The van der Waals surface area contributed by atoms with Gasteiger partial charge in [-0.05, 0) is 74.8 Å². The van der Waals surface area contributed by atoms with Gasteiger partial charge in [0, 0.05) is 34.2 Å². The normalized spacial score (nSPS) is 11.6. The van der Waals surface area contributed by atoms with Crippen molar-refractivity contribution in [2.24, 2.45) is 0 Å². The van der Waals surface area contributed by atoms with E-state index in [1.165, 1.54) is 32.3 Å². The average molecular weight is 436 g/mol. The van der Waals surface area contributed by atoms with E-state index in [9.17, 15) is 0 Å². The zero-order chi connectivity index (χ0) is 19.4. The van der Waals surface area contributed by atoms with Crippen LogP contribution in [0.4, 0.5) is 0 Å². The first-order valence-electron chi connectivity index (χ1n) is 9.38. The summed E-state index contributed by atoms with van der Waals surface area (Å²) in [6, 6.07) is 23.3. The number of halogens is 1. The quantitative estimate of drug-likeness (QED) is 0.278. The topological polar surface area (TPSA) is 38.7 Å². The van der Waals surface area contributed by atoms with Crippen LogP contribution in [0.5, 0.6) is 0 Å². The van der Waals surface area contributed by atoms with Gasteiger partial charge in [-0.25, -0.2) is 9.97 Å². The lowest BCUT2D eigenvalue weighted by Crippen LogP contribution is -1.93. The predicted octanol–water partition coefficient (Wildman–Crippen LogP) is 6.87. The van der Waals surface area contributed by atoms with E-state index < -0.39 is 0 Å². The molecule has 2 heterocycles. The van der Waals surface area contributed by atoms with Crippen LogP contribution in [0.2, 0.25) is 0 Å². The van der Waals surface area contributed by atoms with Crippen LogP contribution in [-0.4, -0.2) is 15.0 Å². The van der Waals surface area contributed by atoms with Crippen molar-refractivity contribution >= 4 is 48.2 Å². The maximum Gasteiger partial charge on any atom is 0.159 e. The summed E-state index contributed by atoms with van der Waals surface area (Å²) in [6.07, 6.45) is 5.38. The number of nitrogens with zero attached hydrogens (tertiary/aromatic N) is 3. The Morgan fingerprint density at radius 3 is 1.79 bits per heavy atom. The minimum absolute atomic E-state index is 0.729. The van der Waals surface area contributed by atoms with Crippen LogP contribution in [0.25, 0.3) is 55.0 Å². The first-order chi connectivity index (χ1) is 14.3. The molecule has 0 saturated carbocycles. The van der Waals surface area contributed by atoms with Gasteiger partial charge in [0.05, 0.1) is 5.69 Å². The van der Waals surface area contributed by atoms with E-state index in [0.29, 0.717) is 0 Å². The fraction of sp³-hybridized carbons (Fsp3) is 0. The number of rotatable bonds is 2. The number of pyridine rings is 1. The van der Waals surface area contributed by atoms with E-state index in [4.69, 9.17) is 4.98 Å². The molecular formula is C25H14BrN3. The van der Waals surface area contributed by atoms with Crippen molar-refractivity contribution < 1.29 is 0 Å². The van der Waals surface area contributed by atoms with Crippen molar-refractivity contribution in [3.05, 3.63) is 89.8 Å². The minimum atomic E-state index is 0.729. The Kier molecular flexibility index (Phi) is 3.61.